The fourth-order valence-electron chi connectivity index (χ4n) is 3.82. The van der Waals surface area contributed by atoms with Gasteiger partial charge in [0.25, 0.3) is 5.91 Å². The minimum absolute atomic E-state index is 0.161. The van der Waals surface area contributed by atoms with E-state index in [0.717, 1.165) is 45.1 Å². The molecule has 2 rings (SSSR count). The fourth-order valence-corrected chi connectivity index (χ4v) is 3.82. The molecule has 0 bridgehead atoms. The van der Waals surface area contributed by atoms with Gasteiger partial charge in [0.15, 0.2) is 0 Å². The molecule has 1 amide bonds. The Balaban J connectivity index is 1.79. The molecule has 0 aromatic carbocycles. The van der Waals surface area contributed by atoms with Gasteiger partial charge in [0.05, 0.1) is 6.10 Å². The van der Waals surface area contributed by atoms with Gasteiger partial charge < -0.3 is 15.4 Å². The fraction of sp³-hybridized carbons (Fsp3) is 0.810. The lowest BCUT2D eigenvalue weighted by molar-refractivity contribution is -0.117. The van der Waals surface area contributed by atoms with E-state index in [1.54, 1.807) is 6.20 Å². The van der Waals surface area contributed by atoms with E-state index in [9.17, 15) is 10.1 Å². The highest BCUT2D eigenvalue weighted by atomic mass is 16.5. The van der Waals surface area contributed by atoms with Gasteiger partial charge in [0, 0.05) is 25.4 Å². The van der Waals surface area contributed by atoms with Crippen LogP contribution in [0.1, 0.15) is 83.5 Å². The highest BCUT2D eigenvalue weighted by Gasteiger charge is 2.17. The van der Waals surface area contributed by atoms with Crippen molar-refractivity contribution in [2.75, 3.05) is 13.2 Å². The van der Waals surface area contributed by atoms with Gasteiger partial charge in [-0.2, -0.15) is 5.26 Å². The van der Waals surface area contributed by atoms with Gasteiger partial charge in [-0.25, -0.2) is 0 Å². The van der Waals surface area contributed by atoms with Crippen LogP contribution in [0.5, 0.6) is 0 Å². The molecule has 2 fully saturated rings. The molecule has 0 aromatic rings. The summed E-state index contributed by atoms with van der Waals surface area (Å²) in [7, 11) is 0. The number of carbonyl (C=O) groups is 1. The molecule has 1 saturated carbocycles. The maximum atomic E-state index is 12.5. The Morgan fingerprint density at radius 1 is 0.962 bits per heavy atom. The van der Waals surface area contributed by atoms with Crippen LogP contribution in [0.2, 0.25) is 0 Å². The third kappa shape index (κ3) is 8.23. The summed E-state index contributed by atoms with van der Waals surface area (Å²) in [5.41, 5.74) is 0.161. The van der Waals surface area contributed by atoms with Gasteiger partial charge in [0.1, 0.15) is 11.6 Å². The van der Waals surface area contributed by atoms with E-state index in [1.165, 1.54) is 44.9 Å². The van der Waals surface area contributed by atoms with Crippen molar-refractivity contribution in [3.05, 3.63) is 11.8 Å². The molecule has 2 aliphatic rings. The predicted octanol–water partition coefficient (Wildman–Crippen LogP) is 3.95. The van der Waals surface area contributed by atoms with E-state index in [0.29, 0.717) is 6.54 Å². The monoisotopic (exact) mass is 361 g/mol. The SMILES string of the molecule is N#C/C(=C/NCC1CCCO1)C(=O)NC1CCCCCCCCCCC1. The van der Waals surface area contributed by atoms with Crippen LogP contribution < -0.4 is 10.6 Å². The summed E-state index contributed by atoms with van der Waals surface area (Å²) in [6, 6.07) is 2.22. The third-order valence-electron chi connectivity index (χ3n) is 5.42. The second-order valence-corrected chi connectivity index (χ2v) is 7.64. The molecule has 1 heterocycles. The molecule has 1 unspecified atom stereocenters. The number of ether oxygens (including phenoxy) is 1. The first-order valence-corrected chi connectivity index (χ1v) is 10.6. The van der Waals surface area contributed by atoms with Gasteiger partial charge in [-0.1, -0.05) is 57.8 Å². The highest BCUT2D eigenvalue weighted by molar-refractivity contribution is 5.97. The number of nitrogens with zero attached hydrogens (tertiary/aromatic N) is 1. The van der Waals surface area contributed by atoms with Gasteiger partial charge in [-0.15, -0.1) is 0 Å². The number of nitriles is 1. The molecule has 2 N–H and O–H groups in total. The molecule has 1 aliphatic carbocycles. The maximum absolute atomic E-state index is 12.5. The lowest BCUT2D eigenvalue weighted by Crippen LogP contribution is -2.36. The summed E-state index contributed by atoms with van der Waals surface area (Å²) in [5, 5.41) is 15.5. The zero-order valence-electron chi connectivity index (χ0n) is 16.1. The van der Waals surface area contributed by atoms with Crippen molar-refractivity contribution in [3.8, 4) is 6.07 Å². The lowest BCUT2D eigenvalue weighted by Gasteiger charge is -2.19. The van der Waals surface area contributed by atoms with Crippen molar-refractivity contribution < 1.29 is 9.53 Å². The van der Waals surface area contributed by atoms with E-state index in [1.807, 2.05) is 6.07 Å². The number of hydrogen-bond acceptors (Lipinski definition) is 4. The van der Waals surface area contributed by atoms with Crippen molar-refractivity contribution in [1.29, 1.82) is 5.26 Å². The summed E-state index contributed by atoms with van der Waals surface area (Å²) < 4.78 is 5.54. The summed E-state index contributed by atoms with van der Waals surface area (Å²) in [4.78, 5) is 12.5. The van der Waals surface area contributed by atoms with Gasteiger partial charge >= 0.3 is 0 Å². The molecule has 0 radical (unpaired) electrons. The van der Waals surface area contributed by atoms with Gasteiger partial charge in [-0.3, -0.25) is 4.79 Å². The number of nitrogens with one attached hydrogen (secondary N) is 2. The summed E-state index contributed by atoms with van der Waals surface area (Å²) in [6.07, 6.45) is 17.4. The number of carbonyl (C=O) groups excluding carboxylic acids is 1. The van der Waals surface area contributed by atoms with Crippen molar-refractivity contribution in [1.82, 2.24) is 10.6 Å². The summed E-state index contributed by atoms with van der Waals surface area (Å²) >= 11 is 0. The molecule has 5 nitrogen and oxygen atoms in total. The van der Waals surface area contributed by atoms with E-state index >= 15 is 0 Å². The minimum atomic E-state index is -0.246. The van der Waals surface area contributed by atoms with Crippen molar-refractivity contribution in [2.24, 2.45) is 0 Å². The zero-order chi connectivity index (χ0) is 18.5. The molecule has 5 heteroatoms. The second-order valence-electron chi connectivity index (χ2n) is 7.64. The Hall–Kier alpha value is -1.54. The smallest absolute Gasteiger partial charge is 0.263 e. The largest absolute Gasteiger partial charge is 0.387 e. The Kier molecular flexibility index (Phi) is 10.2. The molecular weight excluding hydrogens is 326 g/mol. The molecule has 1 aliphatic heterocycles. The third-order valence-corrected chi connectivity index (χ3v) is 5.42. The van der Waals surface area contributed by atoms with E-state index in [2.05, 4.69) is 10.6 Å². The molecule has 1 atom stereocenters. The topological polar surface area (TPSA) is 74.1 Å². The van der Waals surface area contributed by atoms with E-state index < -0.39 is 0 Å². The van der Waals surface area contributed by atoms with Crippen LogP contribution in [0.25, 0.3) is 0 Å². The average molecular weight is 362 g/mol. The van der Waals surface area contributed by atoms with Crippen molar-refractivity contribution in [2.45, 2.75) is 95.6 Å². The van der Waals surface area contributed by atoms with Gasteiger partial charge in [0.2, 0.25) is 0 Å². The lowest BCUT2D eigenvalue weighted by atomic mass is 9.98. The first-order chi connectivity index (χ1) is 12.8. The average Bonchev–Trinajstić information content (AvgIpc) is 3.14. The Bertz CT molecular complexity index is 466. The van der Waals surface area contributed by atoms with E-state index in [4.69, 9.17) is 4.74 Å². The number of amides is 1. The van der Waals surface area contributed by atoms with Crippen LogP contribution in [-0.2, 0) is 9.53 Å². The molecular formula is C21H35N3O2. The minimum Gasteiger partial charge on any atom is -0.387 e. The molecule has 1 saturated heterocycles. The maximum Gasteiger partial charge on any atom is 0.263 e. The predicted molar refractivity (Wildman–Crippen MR) is 103 cm³/mol. The van der Waals surface area contributed by atoms with Crippen molar-refractivity contribution >= 4 is 5.91 Å². The summed E-state index contributed by atoms with van der Waals surface area (Å²) in [6.45, 7) is 1.46. The first kappa shape index (κ1) is 20.8. The molecule has 0 spiro atoms. The van der Waals surface area contributed by atoms with Crippen LogP contribution in [0, 0.1) is 11.3 Å². The van der Waals surface area contributed by atoms with Crippen molar-refractivity contribution in [3.63, 3.8) is 0 Å². The van der Waals surface area contributed by atoms with Crippen LogP contribution in [0.15, 0.2) is 11.8 Å². The molecule has 0 aromatic heterocycles. The molecule has 146 valence electrons. The van der Waals surface area contributed by atoms with Crippen LogP contribution in [0.4, 0.5) is 0 Å². The van der Waals surface area contributed by atoms with Crippen LogP contribution in [-0.4, -0.2) is 31.2 Å². The standard InChI is InChI=1S/C21H35N3O2/c22-15-18(16-23-17-20-13-10-14-26-20)21(25)24-19-11-8-6-4-2-1-3-5-7-9-12-19/h16,19-20,23H,1-14,17H2,(H,24,25)/b18-16-. The second kappa shape index (κ2) is 12.8. The Morgan fingerprint density at radius 2 is 1.58 bits per heavy atom. The normalized spacial score (nSPS) is 24.1. The zero-order valence-corrected chi connectivity index (χ0v) is 16.1. The number of rotatable bonds is 5. The molecule has 26 heavy (non-hydrogen) atoms. The summed E-state index contributed by atoms with van der Waals surface area (Å²) in [5.74, 6) is -0.246. The Morgan fingerprint density at radius 3 is 2.12 bits per heavy atom. The van der Waals surface area contributed by atoms with E-state index in [-0.39, 0.29) is 23.6 Å². The Labute approximate surface area is 158 Å². The number of hydrogen-bond donors (Lipinski definition) is 2. The van der Waals surface area contributed by atoms with Gasteiger partial charge in [-0.05, 0) is 25.7 Å². The highest BCUT2D eigenvalue weighted by Crippen LogP contribution is 2.17. The quantitative estimate of drug-likeness (QED) is 0.574. The first-order valence-electron chi connectivity index (χ1n) is 10.6. The van der Waals surface area contributed by atoms with Crippen LogP contribution >= 0.6 is 0 Å². The van der Waals surface area contributed by atoms with Crippen LogP contribution in [0.3, 0.4) is 0 Å².